The molecule has 68 valence electrons. The molecule has 0 amide bonds. The van der Waals surface area contributed by atoms with Gasteiger partial charge in [-0.3, -0.25) is 0 Å². The van der Waals surface area contributed by atoms with Crippen LogP contribution in [0, 0.1) is 0 Å². The molecule has 11 heavy (non-hydrogen) atoms. The van der Waals surface area contributed by atoms with E-state index in [1.807, 2.05) is 27.7 Å². The van der Waals surface area contributed by atoms with Crippen molar-refractivity contribution in [3.8, 4) is 0 Å². The SMILES string of the molecule is CC(Cl)C(C)OC(C)C(C)Cl. The van der Waals surface area contributed by atoms with Gasteiger partial charge in [0.25, 0.3) is 0 Å². The summed E-state index contributed by atoms with van der Waals surface area (Å²) >= 11 is 11.6. The fourth-order valence-electron chi connectivity index (χ4n) is 0.555. The van der Waals surface area contributed by atoms with Gasteiger partial charge in [0, 0.05) is 0 Å². The second kappa shape index (κ2) is 5.23. The van der Waals surface area contributed by atoms with E-state index in [0.717, 1.165) is 0 Å². The molecule has 0 rings (SSSR count). The number of hydrogen-bond donors (Lipinski definition) is 0. The molecule has 3 heteroatoms. The first-order valence-corrected chi connectivity index (χ1v) is 4.76. The Kier molecular flexibility index (Phi) is 5.49. The zero-order valence-electron chi connectivity index (χ0n) is 7.47. The minimum Gasteiger partial charge on any atom is -0.373 e. The summed E-state index contributed by atoms with van der Waals surface area (Å²) in [6, 6.07) is 0. The van der Waals surface area contributed by atoms with Crippen molar-refractivity contribution in [2.75, 3.05) is 0 Å². The van der Waals surface area contributed by atoms with Crippen LogP contribution in [0.5, 0.6) is 0 Å². The summed E-state index contributed by atoms with van der Waals surface area (Å²) in [5.41, 5.74) is 0. The smallest absolute Gasteiger partial charge is 0.0712 e. The molecule has 4 atom stereocenters. The van der Waals surface area contributed by atoms with E-state index in [-0.39, 0.29) is 23.0 Å². The summed E-state index contributed by atoms with van der Waals surface area (Å²) in [5, 5.41) is 0.0701. The van der Waals surface area contributed by atoms with Gasteiger partial charge in [-0.15, -0.1) is 23.2 Å². The molecule has 0 bridgehead atoms. The molecular weight excluding hydrogens is 183 g/mol. The Balaban J connectivity index is 3.66. The van der Waals surface area contributed by atoms with Gasteiger partial charge in [0.05, 0.1) is 23.0 Å². The normalized spacial score (nSPS) is 22.4. The fraction of sp³-hybridized carbons (Fsp3) is 1.00. The van der Waals surface area contributed by atoms with E-state index < -0.39 is 0 Å². The Bertz CT molecular complexity index is 92.3. The Morgan fingerprint density at radius 2 is 1.09 bits per heavy atom. The number of alkyl halides is 2. The number of ether oxygens (including phenoxy) is 1. The van der Waals surface area contributed by atoms with Crippen molar-refractivity contribution >= 4 is 23.2 Å². The quantitative estimate of drug-likeness (QED) is 0.632. The molecule has 0 N–H and O–H groups in total. The standard InChI is InChI=1S/C8H16Cl2O/c1-5(9)7(3)11-8(4)6(2)10/h5-8H,1-4H3. The van der Waals surface area contributed by atoms with Crippen LogP contribution in [-0.4, -0.2) is 23.0 Å². The first-order chi connectivity index (χ1) is 4.95. The Hall–Kier alpha value is 0.540. The van der Waals surface area contributed by atoms with Crippen molar-refractivity contribution in [1.29, 1.82) is 0 Å². The molecule has 0 radical (unpaired) electrons. The van der Waals surface area contributed by atoms with Crippen molar-refractivity contribution in [3.05, 3.63) is 0 Å². The van der Waals surface area contributed by atoms with Crippen molar-refractivity contribution < 1.29 is 4.74 Å². The second-order valence-electron chi connectivity index (χ2n) is 2.90. The first kappa shape index (κ1) is 11.5. The van der Waals surface area contributed by atoms with E-state index in [4.69, 9.17) is 27.9 Å². The van der Waals surface area contributed by atoms with Crippen LogP contribution in [0.3, 0.4) is 0 Å². The molecular formula is C8H16Cl2O. The predicted molar refractivity (Wildman–Crippen MR) is 50.6 cm³/mol. The lowest BCUT2D eigenvalue weighted by molar-refractivity contribution is 0.00909. The third-order valence-corrected chi connectivity index (χ3v) is 2.43. The molecule has 0 aromatic rings. The van der Waals surface area contributed by atoms with E-state index in [0.29, 0.717) is 0 Å². The van der Waals surface area contributed by atoms with E-state index in [1.165, 1.54) is 0 Å². The lowest BCUT2D eigenvalue weighted by atomic mass is 10.2. The number of hydrogen-bond acceptors (Lipinski definition) is 1. The largest absolute Gasteiger partial charge is 0.373 e. The van der Waals surface area contributed by atoms with Gasteiger partial charge in [0.2, 0.25) is 0 Å². The zero-order valence-corrected chi connectivity index (χ0v) is 8.99. The highest BCUT2D eigenvalue weighted by atomic mass is 35.5. The van der Waals surface area contributed by atoms with Crippen molar-refractivity contribution in [3.63, 3.8) is 0 Å². The summed E-state index contributed by atoms with van der Waals surface area (Å²) in [5.74, 6) is 0. The molecule has 0 fully saturated rings. The van der Waals surface area contributed by atoms with Crippen LogP contribution < -0.4 is 0 Å². The third-order valence-electron chi connectivity index (χ3n) is 1.72. The average Bonchev–Trinajstić information content (AvgIpc) is 1.87. The molecule has 0 heterocycles. The molecule has 0 aliphatic heterocycles. The maximum Gasteiger partial charge on any atom is 0.0712 e. The molecule has 0 aliphatic rings. The molecule has 0 aromatic heterocycles. The molecule has 1 nitrogen and oxygen atoms in total. The van der Waals surface area contributed by atoms with Crippen LogP contribution in [0.4, 0.5) is 0 Å². The van der Waals surface area contributed by atoms with Crippen LogP contribution in [0.15, 0.2) is 0 Å². The zero-order chi connectivity index (χ0) is 9.02. The van der Waals surface area contributed by atoms with E-state index in [2.05, 4.69) is 0 Å². The van der Waals surface area contributed by atoms with E-state index in [1.54, 1.807) is 0 Å². The van der Waals surface area contributed by atoms with Gasteiger partial charge in [0.15, 0.2) is 0 Å². The second-order valence-corrected chi connectivity index (χ2v) is 4.28. The van der Waals surface area contributed by atoms with Gasteiger partial charge in [-0.25, -0.2) is 0 Å². The van der Waals surface area contributed by atoms with Crippen LogP contribution in [-0.2, 0) is 4.74 Å². The highest BCUT2D eigenvalue weighted by Gasteiger charge is 2.16. The van der Waals surface area contributed by atoms with Gasteiger partial charge in [0.1, 0.15) is 0 Å². The number of halogens is 2. The Morgan fingerprint density at radius 1 is 0.818 bits per heavy atom. The third kappa shape index (κ3) is 4.89. The molecule has 0 aliphatic carbocycles. The van der Waals surface area contributed by atoms with Crippen LogP contribution >= 0.6 is 23.2 Å². The summed E-state index contributed by atoms with van der Waals surface area (Å²) in [6.07, 6.45) is 0.126. The maximum absolute atomic E-state index is 5.81. The van der Waals surface area contributed by atoms with Gasteiger partial charge >= 0.3 is 0 Å². The highest BCUT2D eigenvalue weighted by molar-refractivity contribution is 6.21. The predicted octanol–water partition coefficient (Wildman–Crippen LogP) is 3.03. The van der Waals surface area contributed by atoms with Crippen molar-refractivity contribution in [2.24, 2.45) is 0 Å². The highest BCUT2D eigenvalue weighted by Crippen LogP contribution is 2.12. The lowest BCUT2D eigenvalue weighted by Gasteiger charge is -2.22. The molecule has 0 saturated carbocycles. The van der Waals surface area contributed by atoms with Gasteiger partial charge < -0.3 is 4.74 Å². The monoisotopic (exact) mass is 198 g/mol. The van der Waals surface area contributed by atoms with Gasteiger partial charge in [-0.05, 0) is 27.7 Å². The molecule has 0 aromatic carbocycles. The Morgan fingerprint density at radius 3 is 1.27 bits per heavy atom. The molecule has 4 unspecified atom stereocenters. The fourth-order valence-corrected chi connectivity index (χ4v) is 0.674. The summed E-state index contributed by atoms with van der Waals surface area (Å²) in [4.78, 5) is 0. The van der Waals surface area contributed by atoms with Crippen LogP contribution in [0.2, 0.25) is 0 Å². The van der Waals surface area contributed by atoms with E-state index in [9.17, 15) is 0 Å². The van der Waals surface area contributed by atoms with Gasteiger partial charge in [-0.2, -0.15) is 0 Å². The lowest BCUT2D eigenvalue weighted by Crippen LogP contribution is -2.28. The maximum atomic E-state index is 5.81. The Labute approximate surface area is 79.0 Å². The topological polar surface area (TPSA) is 9.23 Å². The minimum absolute atomic E-state index is 0.0351. The van der Waals surface area contributed by atoms with Crippen molar-refractivity contribution in [1.82, 2.24) is 0 Å². The first-order valence-electron chi connectivity index (χ1n) is 3.88. The van der Waals surface area contributed by atoms with Crippen molar-refractivity contribution in [2.45, 2.75) is 50.7 Å². The summed E-state index contributed by atoms with van der Waals surface area (Å²) in [7, 11) is 0. The summed E-state index contributed by atoms with van der Waals surface area (Å²) in [6.45, 7) is 7.73. The molecule has 0 spiro atoms. The van der Waals surface area contributed by atoms with Crippen LogP contribution in [0.1, 0.15) is 27.7 Å². The number of rotatable bonds is 4. The van der Waals surface area contributed by atoms with E-state index >= 15 is 0 Å². The van der Waals surface area contributed by atoms with Gasteiger partial charge in [-0.1, -0.05) is 0 Å². The molecule has 0 saturated heterocycles. The van der Waals surface area contributed by atoms with Crippen LogP contribution in [0.25, 0.3) is 0 Å². The minimum atomic E-state index is 0.0351. The summed E-state index contributed by atoms with van der Waals surface area (Å²) < 4.78 is 5.51. The average molecular weight is 199 g/mol.